The minimum atomic E-state index is -0.584. The van der Waals surface area contributed by atoms with Gasteiger partial charge in [0.1, 0.15) is 0 Å². The highest BCUT2D eigenvalue weighted by Gasteiger charge is 2.25. The van der Waals surface area contributed by atoms with Crippen LogP contribution in [-0.2, 0) is 9.05 Å². The summed E-state index contributed by atoms with van der Waals surface area (Å²) in [4.78, 5) is 0. The number of hydrogen-bond acceptors (Lipinski definition) is 2. The maximum absolute atomic E-state index is 5.50. The second kappa shape index (κ2) is 3.66. The summed E-state index contributed by atoms with van der Waals surface area (Å²) in [5, 5.41) is 0. The lowest BCUT2D eigenvalue weighted by Crippen LogP contribution is -2.25. The van der Waals surface area contributed by atoms with Crippen molar-refractivity contribution in [3.05, 3.63) is 5.92 Å². The zero-order valence-corrected chi connectivity index (χ0v) is 7.65. The molecule has 2 nitrogen and oxygen atoms in total. The van der Waals surface area contributed by atoms with Crippen molar-refractivity contribution in [2.24, 2.45) is 0 Å². The molecule has 1 fully saturated rings. The molecule has 1 aliphatic rings. The lowest BCUT2D eigenvalue weighted by molar-refractivity contribution is 0.141. The molecule has 1 heterocycles. The zero-order chi connectivity index (χ0) is 7.56. The first-order chi connectivity index (χ1) is 4.74. The molecule has 0 aromatic heterocycles. The van der Waals surface area contributed by atoms with E-state index in [1.165, 1.54) is 5.92 Å². The van der Waals surface area contributed by atoms with Crippen LogP contribution in [0, 0.1) is 5.92 Å². The predicted molar refractivity (Wildman–Crippen MR) is 42.9 cm³/mol. The van der Waals surface area contributed by atoms with Crippen LogP contribution in [0.5, 0.6) is 0 Å². The Labute approximate surface area is 63.8 Å². The minimum absolute atomic E-state index is 0.315. The van der Waals surface area contributed by atoms with E-state index in [4.69, 9.17) is 9.05 Å². The maximum Gasteiger partial charge on any atom is 0.167 e. The van der Waals surface area contributed by atoms with Gasteiger partial charge in [-0.05, 0) is 13.3 Å². The SMILES string of the molecule is CC[C]1COP(C)OC1C. The van der Waals surface area contributed by atoms with Crippen LogP contribution in [0.4, 0.5) is 0 Å². The lowest BCUT2D eigenvalue weighted by Gasteiger charge is -2.31. The van der Waals surface area contributed by atoms with Crippen LogP contribution >= 0.6 is 8.38 Å². The van der Waals surface area contributed by atoms with E-state index in [0.29, 0.717) is 6.10 Å². The van der Waals surface area contributed by atoms with E-state index < -0.39 is 8.38 Å². The van der Waals surface area contributed by atoms with Gasteiger partial charge in [0.05, 0.1) is 12.7 Å². The summed E-state index contributed by atoms with van der Waals surface area (Å²) in [5.74, 6) is 1.38. The van der Waals surface area contributed by atoms with Gasteiger partial charge in [-0.3, -0.25) is 0 Å². The molecule has 1 saturated heterocycles. The average molecular weight is 161 g/mol. The molecule has 0 bridgehead atoms. The van der Waals surface area contributed by atoms with Gasteiger partial charge < -0.3 is 9.05 Å². The van der Waals surface area contributed by atoms with Crippen molar-refractivity contribution in [3.8, 4) is 0 Å². The monoisotopic (exact) mass is 161 g/mol. The van der Waals surface area contributed by atoms with Crippen LogP contribution in [0.15, 0.2) is 0 Å². The van der Waals surface area contributed by atoms with Gasteiger partial charge in [-0.1, -0.05) is 6.92 Å². The third kappa shape index (κ3) is 1.91. The van der Waals surface area contributed by atoms with Crippen LogP contribution in [0.1, 0.15) is 20.3 Å². The van der Waals surface area contributed by atoms with Gasteiger partial charge >= 0.3 is 0 Å². The fourth-order valence-corrected chi connectivity index (χ4v) is 2.01. The van der Waals surface area contributed by atoms with Crippen molar-refractivity contribution in [2.75, 3.05) is 13.3 Å². The average Bonchev–Trinajstić information content (AvgIpc) is 1.88. The van der Waals surface area contributed by atoms with Crippen LogP contribution in [0.25, 0.3) is 0 Å². The van der Waals surface area contributed by atoms with E-state index in [1.54, 1.807) is 0 Å². The van der Waals surface area contributed by atoms with Gasteiger partial charge in [-0.2, -0.15) is 0 Å². The Morgan fingerprint density at radius 1 is 1.70 bits per heavy atom. The quantitative estimate of drug-likeness (QED) is 0.549. The van der Waals surface area contributed by atoms with Crippen LogP contribution in [-0.4, -0.2) is 19.4 Å². The van der Waals surface area contributed by atoms with Gasteiger partial charge in [0.25, 0.3) is 0 Å². The lowest BCUT2D eigenvalue weighted by atomic mass is 10.0. The molecule has 2 unspecified atom stereocenters. The Kier molecular flexibility index (Phi) is 3.09. The topological polar surface area (TPSA) is 18.5 Å². The standard InChI is InChI=1S/C7H14O2P/c1-4-7-5-8-10(3)9-6(7)2/h6H,4-5H2,1-3H3. The molecular formula is C7H14O2P. The fourth-order valence-electron chi connectivity index (χ4n) is 1.01. The van der Waals surface area contributed by atoms with Crippen LogP contribution in [0.3, 0.4) is 0 Å². The Morgan fingerprint density at radius 2 is 2.40 bits per heavy atom. The Bertz CT molecular complexity index is 108. The molecule has 1 radical (unpaired) electrons. The highest BCUT2D eigenvalue weighted by Crippen LogP contribution is 2.42. The summed E-state index contributed by atoms with van der Waals surface area (Å²) in [6, 6.07) is 0. The fraction of sp³-hybridized carbons (Fsp3) is 0.857. The van der Waals surface area contributed by atoms with E-state index in [-0.39, 0.29) is 0 Å². The first kappa shape index (κ1) is 8.45. The van der Waals surface area contributed by atoms with Crippen molar-refractivity contribution in [1.82, 2.24) is 0 Å². The van der Waals surface area contributed by atoms with E-state index in [1.807, 2.05) is 6.66 Å². The Hall–Kier alpha value is 0.350. The number of rotatable bonds is 1. The first-order valence-corrected chi connectivity index (χ1v) is 5.24. The van der Waals surface area contributed by atoms with Crippen LogP contribution < -0.4 is 0 Å². The molecule has 1 aliphatic heterocycles. The molecule has 0 aromatic carbocycles. The molecule has 0 aromatic rings. The second-order valence-electron chi connectivity index (χ2n) is 2.47. The Morgan fingerprint density at radius 3 is 2.90 bits per heavy atom. The minimum Gasteiger partial charge on any atom is -0.334 e. The summed E-state index contributed by atoms with van der Waals surface area (Å²) >= 11 is 0. The van der Waals surface area contributed by atoms with Crippen molar-refractivity contribution in [2.45, 2.75) is 26.4 Å². The molecule has 0 N–H and O–H groups in total. The van der Waals surface area contributed by atoms with Gasteiger partial charge in [0, 0.05) is 12.6 Å². The molecule has 0 aliphatic carbocycles. The molecular weight excluding hydrogens is 147 g/mol. The highest BCUT2D eigenvalue weighted by molar-refractivity contribution is 7.46. The van der Waals surface area contributed by atoms with Crippen molar-refractivity contribution >= 4 is 8.38 Å². The summed E-state index contributed by atoms with van der Waals surface area (Å²) < 4.78 is 10.9. The predicted octanol–water partition coefficient (Wildman–Crippen LogP) is 2.35. The second-order valence-corrected chi connectivity index (χ2v) is 3.82. The summed E-state index contributed by atoms with van der Waals surface area (Å²) in [6.45, 7) is 7.04. The smallest absolute Gasteiger partial charge is 0.167 e. The number of hydrogen-bond donors (Lipinski definition) is 0. The highest BCUT2D eigenvalue weighted by atomic mass is 31.2. The molecule has 1 rings (SSSR count). The summed E-state index contributed by atoms with van der Waals surface area (Å²) in [6.07, 6.45) is 1.39. The largest absolute Gasteiger partial charge is 0.334 e. The molecule has 3 heteroatoms. The molecule has 0 spiro atoms. The summed E-state index contributed by atoms with van der Waals surface area (Å²) in [7, 11) is -0.584. The zero-order valence-electron chi connectivity index (χ0n) is 6.76. The third-order valence-electron chi connectivity index (χ3n) is 1.77. The van der Waals surface area contributed by atoms with Gasteiger partial charge in [-0.15, -0.1) is 0 Å². The van der Waals surface area contributed by atoms with E-state index in [0.717, 1.165) is 13.0 Å². The summed E-state index contributed by atoms with van der Waals surface area (Å²) in [5.41, 5.74) is 0. The molecule has 2 atom stereocenters. The molecule has 59 valence electrons. The normalized spacial score (nSPS) is 36.3. The van der Waals surface area contributed by atoms with Crippen molar-refractivity contribution in [3.63, 3.8) is 0 Å². The van der Waals surface area contributed by atoms with Crippen molar-refractivity contribution in [1.29, 1.82) is 0 Å². The molecule has 0 amide bonds. The van der Waals surface area contributed by atoms with Gasteiger partial charge in [0.15, 0.2) is 8.38 Å². The Balaban J connectivity index is 2.36. The van der Waals surface area contributed by atoms with E-state index >= 15 is 0 Å². The first-order valence-electron chi connectivity index (χ1n) is 3.62. The van der Waals surface area contributed by atoms with Crippen LogP contribution in [0.2, 0.25) is 0 Å². The van der Waals surface area contributed by atoms with E-state index in [2.05, 4.69) is 13.8 Å². The maximum atomic E-state index is 5.50. The van der Waals surface area contributed by atoms with Crippen molar-refractivity contribution < 1.29 is 9.05 Å². The third-order valence-corrected chi connectivity index (χ3v) is 2.87. The molecule has 0 saturated carbocycles. The van der Waals surface area contributed by atoms with E-state index in [9.17, 15) is 0 Å². The van der Waals surface area contributed by atoms with Gasteiger partial charge in [0.2, 0.25) is 0 Å². The molecule has 10 heavy (non-hydrogen) atoms. The van der Waals surface area contributed by atoms with Gasteiger partial charge in [-0.25, -0.2) is 0 Å².